The van der Waals surface area contributed by atoms with Gasteiger partial charge in [0, 0.05) is 25.3 Å². The lowest BCUT2D eigenvalue weighted by Crippen LogP contribution is -2.12. The first-order chi connectivity index (χ1) is 13.4. The van der Waals surface area contributed by atoms with Crippen LogP contribution in [-0.2, 0) is 11.8 Å². The first-order valence-electron chi connectivity index (χ1n) is 8.16. The van der Waals surface area contributed by atoms with E-state index < -0.39 is 10.8 Å². The van der Waals surface area contributed by atoms with Crippen molar-refractivity contribution in [1.82, 2.24) is 4.57 Å². The molecule has 1 aromatic heterocycles. The number of nitro benzene ring substituents is 1. The summed E-state index contributed by atoms with van der Waals surface area (Å²) in [7, 11) is 4.96. The van der Waals surface area contributed by atoms with E-state index in [-0.39, 0.29) is 5.69 Å². The standard InChI is InChI=1S/C19H17N3O5S/c1-21-17-14(26-2)9-10-15(27-3)18(17)28-19(21)20-16(23)11-6-12-4-7-13(8-5-12)22(24)25/h4-11H,1-3H3. The molecule has 3 rings (SSSR count). The van der Waals surface area contributed by atoms with Crippen LogP contribution in [0.4, 0.5) is 5.69 Å². The summed E-state index contributed by atoms with van der Waals surface area (Å²) in [5, 5.41) is 10.7. The lowest BCUT2D eigenvalue weighted by Gasteiger charge is -2.06. The highest BCUT2D eigenvalue weighted by Crippen LogP contribution is 2.34. The van der Waals surface area contributed by atoms with Crippen molar-refractivity contribution in [3.63, 3.8) is 0 Å². The predicted molar refractivity (Wildman–Crippen MR) is 107 cm³/mol. The molecule has 3 aromatic rings. The quantitative estimate of drug-likeness (QED) is 0.373. The second-order valence-corrected chi connectivity index (χ2v) is 6.70. The van der Waals surface area contributed by atoms with E-state index in [9.17, 15) is 14.9 Å². The van der Waals surface area contributed by atoms with Crippen LogP contribution in [0.1, 0.15) is 5.56 Å². The Bertz CT molecular complexity index is 1140. The third kappa shape index (κ3) is 3.79. The average molecular weight is 399 g/mol. The van der Waals surface area contributed by atoms with Crippen LogP contribution < -0.4 is 14.3 Å². The summed E-state index contributed by atoms with van der Waals surface area (Å²) in [6, 6.07) is 9.50. The number of amides is 1. The first-order valence-corrected chi connectivity index (χ1v) is 8.98. The van der Waals surface area contributed by atoms with Gasteiger partial charge in [-0.15, -0.1) is 0 Å². The third-order valence-electron chi connectivity index (χ3n) is 4.04. The van der Waals surface area contributed by atoms with E-state index in [1.807, 2.05) is 0 Å². The molecule has 0 aliphatic carbocycles. The van der Waals surface area contributed by atoms with E-state index in [0.717, 1.165) is 10.2 Å². The Balaban J connectivity index is 1.94. The number of fused-ring (bicyclic) bond motifs is 1. The van der Waals surface area contributed by atoms with Crippen LogP contribution in [0, 0.1) is 10.1 Å². The van der Waals surface area contributed by atoms with E-state index in [0.29, 0.717) is 21.9 Å². The van der Waals surface area contributed by atoms with E-state index in [4.69, 9.17) is 9.47 Å². The fourth-order valence-electron chi connectivity index (χ4n) is 2.64. The van der Waals surface area contributed by atoms with Gasteiger partial charge in [0.1, 0.15) is 21.7 Å². The first kappa shape index (κ1) is 19.3. The van der Waals surface area contributed by atoms with Crippen LogP contribution in [0.5, 0.6) is 11.5 Å². The number of non-ortho nitro benzene ring substituents is 1. The summed E-state index contributed by atoms with van der Waals surface area (Å²) in [5.74, 6) is 0.884. The van der Waals surface area contributed by atoms with Gasteiger partial charge in [-0.3, -0.25) is 14.9 Å². The number of aromatic nitrogens is 1. The number of hydrogen-bond acceptors (Lipinski definition) is 6. The molecule has 9 heteroatoms. The van der Waals surface area contributed by atoms with Gasteiger partial charge < -0.3 is 14.0 Å². The third-order valence-corrected chi connectivity index (χ3v) is 5.19. The minimum Gasteiger partial charge on any atom is -0.495 e. The molecule has 0 N–H and O–H groups in total. The van der Waals surface area contributed by atoms with Crippen molar-refractivity contribution in [1.29, 1.82) is 0 Å². The minimum atomic E-state index is -0.474. The molecule has 0 spiro atoms. The molecular weight excluding hydrogens is 382 g/mol. The zero-order valence-electron chi connectivity index (χ0n) is 15.4. The van der Waals surface area contributed by atoms with Gasteiger partial charge in [-0.05, 0) is 35.9 Å². The normalized spacial score (nSPS) is 11.9. The summed E-state index contributed by atoms with van der Waals surface area (Å²) in [4.78, 5) is 27.1. The highest BCUT2D eigenvalue weighted by molar-refractivity contribution is 7.16. The molecule has 144 valence electrons. The van der Waals surface area contributed by atoms with Crippen molar-refractivity contribution in [3.8, 4) is 11.5 Å². The molecule has 8 nitrogen and oxygen atoms in total. The molecule has 0 atom stereocenters. The molecule has 1 amide bonds. The molecule has 2 aromatic carbocycles. The number of nitrogens with zero attached hydrogens (tertiary/aromatic N) is 3. The predicted octanol–water partition coefficient (Wildman–Crippen LogP) is 3.31. The Kier molecular flexibility index (Phi) is 5.55. The molecule has 0 fully saturated rings. The number of nitro groups is 1. The lowest BCUT2D eigenvalue weighted by molar-refractivity contribution is -0.384. The zero-order chi connectivity index (χ0) is 20.3. The van der Waals surface area contributed by atoms with E-state index in [1.165, 1.54) is 29.5 Å². The maximum atomic E-state index is 12.3. The molecule has 0 aliphatic heterocycles. The van der Waals surface area contributed by atoms with Crippen molar-refractivity contribution in [3.05, 3.63) is 63.0 Å². The van der Waals surface area contributed by atoms with Crippen molar-refractivity contribution in [2.45, 2.75) is 0 Å². The Morgan fingerprint density at radius 2 is 1.79 bits per heavy atom. The van der Waals surface area contributed by atoms with Gasteiger partial charge in [-0.2, -0.15) is 4.99 Å². The van der Waals surface area contributed by atoms with Crippen LogP contribution >= 0.6 is 11.3 Å². The van der Waals surface area contributed by atoms with Crippen LogP contribution in [0.2, 0.25) is 0 Å². The number of ether oxygens (including phenoxy) is 2. The smallest absolute Gasteiger partial charge is 0.272 e. The number of hydrogen-bond donors (Lipinski definition) is 0. The zero-order valence-corrected chi connectivity index (χ0v) is 16.2. The molecule has 1 heterocycles. The van der Waals surface area contributed by atoms with Crippen LogP contribution in [0.25, 0.3) is 16.3 Å². The van der Waals surface area contributed by atoms with Crippen molar-refractivity contribution in [2.75, 3.05) is 14.2 Å². The molecule has 0 saturated heterocycles. The summed E-state index contributed by atoms with van der Waals surface area (Å²) < 4.78 is 13.4. The Morgan fingerprint density at radius 1 is 1.14 bits per heavy atom. The minimum absolute atomic E-state index is 0.00615. The number of aryl methyl sites for hydroxylation is 1. The number of methoxy groups -OCH3 is 2. The van der Waals surface area contributed by atoms with Crippen molar-refractivity contribution < 1.29 is 19.2 Å². The van der Waals surface area contributed by atoms with Crippen LogP contribution in [-0.4, -0.2) is 29.6 Å². The molecule has 0 radical (unpaired) electrons. The highest BCUT2D eigenvalue weighted by atomic mass is 32.1. The van der Waals surface area contributed by atoms with Gasteiger partial charge in [0.05, 0.1) is 19.1 Å². The summed E-state index contributed by atoms with van der Waals surface area (Å²) in [5.41, 5.74) is 1.45. The number of carbonyl (C=O) groups is 1. The van der Waals surface area contributed by atoms with Gasteiger partial charge in [-0.1, -0.05) is 11.3 Å². The molecule has 0 saturated carbocycles. The Labute approximate surface area is 164 Å². The molecule has 0 unspecified atom stereocenters. The highest BCUT2D eigenvalue weighted by Gasteiger charge is 2.14. The van der Waals surface area contributed by atoms with E-state index >= 15 is 0 Å². The largest absolute Gasteiger partial charge is 0.495 e. The van der Waals surface area contributed by atoms with Crippen molar-refractivity contribution in [2.24, 2.45) is 12.0 Å². The Morgan fingerprint density at radius 3 is 2.39 bits per heavy atom. The molecule has 0 aliphatic rings. The van der Waals surface area contributed by atoms with Gasteiger partial charge in [0.2, 0.25) is 0 Å². The summed E-state index contributed by atoms with van der Waals surface area (Å²) in [6.45, 7) is 0. The number of benzene rings is 2. The van der Waals surface area contributed by atoms with Gasteiger partial charge in [-0.25, -0.2) is 0 Å². The van der Waals surface area contributed by atoms with Gasteiger partial charge in [0.15, 0.2) is 4.80 Å². The van der Waals surface area contributed by atoms with Gasteiger partial charge >= 0.3 is 0 Å². The van der Waals surface area contributed by atoms with Crippen LogP contribution in [0.15, 0.2) is 47.5 Å². The number of thiazole rings is 1. The molecular formula is C19H17N3O5S. The Hall–Kier alpha value is -3.46. The summed E-state index contributed by atoms with van der Waals surface area (Å²) >= 11 is 1.32. The average Bonchev–Trinajstić information content (AvgIpc) is 3.02. The fraction of sp³-hybridized carbons (Fsp3) is 0.158. The maximum Gasteiger partial charge on any atom is 0.272 e. The monoisotopic (exact) mass is 399 g/mol. The van der Waals surface area contributed by atoms with Crippen LogP contribution in [0.3, 0.4) is 0 Å². The van der Waals surface area contributed by atoms with Crippen molar-refractivity contribution >= 4 is 39.2 Å². The second kappa shape index (κ2) is 8.05. The van der Waals surface area contributed by atoms with Gasteiger partial charge in [0.25, 0.3) is 11.6 Å². The molecule has 0 bridgehead atoms. The summed E-state index contributed by atoms with van der Waals surface area (Å²) in [6.07, 6.45) is 2.88. The number of carbonyl (C=O) groups excluding carboxylic acids is 1. The van der Waals surface area contributed by atoms with E-state index in [1.54, 1.807) is 56.2 Å². The lowest BCUT2D eigenvalue weighted by atomic mass is 10.2. The SMILES string of the molecule is COc1ccc(OC)c2c1sc(=NC(=O)C=Cc1ccc([N+](=O)[O-])cc1)n2C. The molecule has 28 heavy (non-hydrogen) atoms. The maximum absolute atomic E-state index is 12.3. The topological polar surface area (TPSA) is 96.0 Å². The second-order valence-electron chi connectivity index (χ2n) is 5.72. The van der Waals surface area contributed by atoms with E-state index in [2.05, 4.69) is 4.99 Å². The number of rotatable bonds is 5. The fourth-order valence-corrected chi connectivity index (χ4v) is 3.77.